The molecule has 0 aliphatic heterocycles. The fourth-order valence-corrected chi connectivity index (χ4v) is 2.52. The van der Waals surface area contributed by atoms with Gasteiger partial charge in [-0.05, 0) is 38.5 Å². The second-order valence-corrected chi connectivity index (χ2v) is 5.42. The Bertz CT molecular complexity index is 683. The molecule has 0 fully saturated rings. The third-order valence-electron chi connectivity index (χ3n) is 3.63. The standard InChI is InChI=1S/C17H23N3O4/c1-11-6-14(13(3)20(11)12(2)9-23-5)7-15(8-18)17(22)24-10-16(21)19-4/h6-7,12H,9-10H2,1-5H3,(H,19,21)/b15-7+/t12-/m0/s1. The van der Waals surface area contributed by atoms with Crippen molar-refractivity contribution >= 4 is 18.0 Å². The third kappa shape index (κ3) is 4.70. The molecule has 1 aromatic heterocycles. The first kappa shape index (κ1) is 19.5. The zero-order valence-electron chi connectivity index (χ0n) is 14.7. The Labute approximate surface area is 141 Å². The summed E-state index contributed by atoms with van der Waals surface area (Å²) in [5.41, 5.74) is 2.52. The molecule has 7 heteroatoms. The quantitative estimate of drug-likeness (QED) is 0.464. The first-order valence-corrected chi connectivity index (χ1v) is 7.52. The Morgan fingerprint density at radius 2 is 2.12 bits per heavy atom. The van der Waals surface area contributed by atoms with Crippen molar-refractivity contribution in [1.29, 1.82) is 5.26 Å². The molecule has 0 unspecified atom stereocenters. The first-order chi connectivity index (χ1) is 11.3. The molecule has 0 aliphatic carbocycles. The molecular formula is C17H23N3O4. The largest absolute Gasteiger partial charge is 0.451 e. The number of rotatable bonds is 7. The molecule has 1 heterocycles. The Morgan fingerprint density at radius 3 is 2.67 bits per heavy atom. The predicted molar refractivity (Wildman–Crippen MR) is 89.1 cm³/mol. The third-order valence-corrected chi connectivity index (χ3v) is 3.63. The minimum atomic E-state index is -0.823. The van der Waals surface area contributed by atoms with E-state index in [4.69, 9.17) is 9.47 Å². The first-order valence-electron chi connectivity index (χ1n) is 7.52. The van der Waals surface area contributed by atoms with Gasteiger partial charge in [-0.1, -0.05) is 0 Å². The van der Waals surface area contributed by atoms with E-state index in [2.05, 4.69) is 9.88 Å². The van der Waals surface area contributed by atoms with Gasteiger partial charge in [-0.3, -0.25) is 4.79 Å². The lowest BCUT2D eigenvalue weighted by atomic mass is 10.1. The number of carbonyl (C=O) groups excluding carboxylic acids is 2. The number of ether oxygens (including phenoxy) is 2. The van der Waals surface area contributed by atoms with Gasteiger partial charge in [0, 0.05) is 25.5 Å². The number of likely N-dealkylation sites (N-methyl/N-ethyl adjacent to an activating group) is 1. The van der Waals surface area contributed by atoms with Gasteiger partial charge in [0.2, 0.25) is 0 Å². The number of methoxy groups -OCH3 is 1. The van der Waals surface area contributed by atoms with Crippen LogP contribution in [-0.2, 0) is 19.1 Å². The maximum atomic E-state index is 11.9. The van der Waals surface area contributed by atoms with E-state index in [-0.39, 0.29) is 11.6 Å². The molecule has 0 aliphatic rings. The van der Waals surface area contributed by atoms with E-state index in [9.17, 15) is 14.9 Å². The van der Waals surface area contributed by atoms with E-state index in [1.807, 2.05) is 32.9 Å². The lowest BCUT2D eigenvalue weighted by Gasteiger charge is -2.17. The highest BCUT2D eigenvalue weighted by Gasteiger charge is 2.17. The van der Waals surface area contributed by atoms with Crippen LogP contribution in [-0.4, -0.2) is 43.8 Å². The summed E-state index contributed by atoms with van der Waals surface area (Å²) in [5, 5.41) is 11.5. The number of carbonyl (C=O) groups is 2. The summed E-state index contributed by atoms with van der Waals surface area (Å²) in [6.45, 7) is 6.03. The van der Waals surface area contributed by atoms with Crippen LogP contribution >= 0.6 is 0 Å². The Morgan fingerprint density at radius 1 is 1.46 bits per heavy atom. The lowest BCUT2D eigenvalue weighted by molar-refractivity contribution is -0.144. The summed E-state index contributed by atoms with van der Waals surface area (Å²) in [4.78, 5) is 23.0. The van der Waals surface area contributed by atoms with Crippen LogP contribution in [0.4, 0.5) is 0 Å². The van der Waals surface area contributed by atoms with Crippen LogP contribution in [0.2, 0.25) is 0 Å². The van der Waals surface area contributed by atoms with Gasteiger partial charge in [-0.25, -0.2) is 4.79 Å². The molecule has 0 saturated carbocycles. The number of hydrogen-bond acceptors (Lipinski definition) is 5. The van der Waals surface area contributed by atoms with Crippen molar-refractivity contribution in [2.24, 2.45) is 0 Å². The zero-order chi connectivity index (χ0) is 18.3. The molecule has 7 nitrogen and oxygen atoms in total. The zero-order valence-corrected chi connectivity index (χ0v) is 14.7. The average molecular weight is 333 g/mol. The number of amides is 1. The molecule has 130 valence electrons. The molecule has 0 saturated heterocycles. The van der Waals surface area contributed by atoms with Crippen LogP contribution in [0.5, 0.6) is 0 Å². The van der Waals surface area contributed by atoms with Crippen molar-refractivity contribution in [2.45, 2.75) is 26.8 Å². The summed E-state index contributed by atoms with van der Waals surface area (Å²) in [6, 6.07) is 3.84. The highest BCUT2D eigenvalue weighted by molar-refractivity contribution is 5.99. The predicted octanol–water partition coefficient (Wildman–Crippen LogP) is 1.51. The second kappa shape index (κ2) is 8.89. The molecule has 0 radical (unpaired) electrons. The Kier molecular flexibility index (Phi) is 7.21. The minimum absolute atomic E-state index is 0.128. The van der Waals surface area contributed by atoms with E-state index in [1.165, 1.54) is 13.1 Å². The maximum absolute atomic E-state index is 11.9. The fourth-order valence-electron chi connectivity index (χ4n) is 2.52. The van der Waals surface area contributed by atoms with Crippen molar-refractivity contribution in [3.63, 3.8) is 0 Å². The van der Waals surface area contributed by atoms with Gasteiger partial charge in [0.1, 0.15) is 11.6 Å². The monoisotopic (exact) mass is 333 g/mol. The molecule has 1 N–H and O–H groups in total. The molecule has 1 rings (SSSR count). The van der Waals surface area contributed by atoms with E-state index in [0.717, 1.165) is 17.0 Å². The van der Waals surface area contributed by atoms with Crippen molar-refractivity contribution in [1.82, 2.24) is 9.88 Å². The maximum Gasteiger partial charge on any atom is 0.349 e. The summed E-state index contributed by atoms with van der Waals surface area (Å²) in [7, 11) is 3.08. The van der Waals surface area contributed by atoms with Crippen molar-refractivity contribution in [3.05, 3.63) is 28.6 Å². The van der Waals surface area contributed by atoms with Crippen molar-refractivity contribution < 1.29 is 19.1 Å². The molecule has 0 aromatic carbocycles. The van der Waals surface area contributed by atoms with Crippen LogP contribution in [0.3, 0.4) is 0 Å². The molecule has 0 bridgehead atoms. The van der Waals surface area contributed by atoms with Gasteiger partial charge in [0.15, 0.2) is 6.61 Å². The molecule has 1 aromatic rings. The van der Waals surface area contributed by atoms with Gasteiger partial charge >= 0.3 is 5.97 Å². The van der Waals surface area contributed by atoms with Crippen LogP contribution in [0.25, 0.3) is 6.08 Å². The number of nitrogens with one attached hydrogen (secondary N) is 1. The number of hydrogen-bond donors (Lipinski definition) is 1. The molecule has 1 amide bonds. The smallest absolute Gasteiger partial charge is 0.349 e. The lowest BCUT2D eigenvalue weighted by Crippen LogP contribution is -2.25. The fraction of sp³-hybridized carbons (Fsp3) is 0.471. The van der Waals surface area contributed by atoms with Crippen molar-refractivity contribution in [2.75, 3.05) is 27.4 Å². The van der Waals surface area contributed by atoms with Gasteiger partial charge in [0.05, 0.1) is 12.6 Å². The summed E-state index contributed by atoms with van der Waals surface area (Å²) >= 11 is 0. The summed E-state index contributed by atoms with van der Waals surface area (Å²) in [5.74, 6) is -1.26. The van der Waals surface area contributed by atoms with Crippen molar-refractivity contribution in [3.8, 4) is 6.07 Å². The normalized spacial score (nSPS) is 12.4. The van der Waals surface area contributed by atoms with Crippen LogP contribution < -0.4 is 5.32 Å². The summed E-state index contributed by atoms with van der Waals surface area (Å²) < 4.78 is 12.1. The van der Waals surface area contributed by atoms with Crippen LogP contribution in [0.15, 0.2) is 11.6 Å². The summed E-state index contributed by atoms with van der Waals surface area (Å²) in [6.07, 6.45) is 1.48. The Hall–Kier alpha value is -2.59. The topological polar surface area (TPSA) is 93.4 Å². The highest BCUT2D eigenvalue weighted by Crippen LogP contribution is 2.23. The highest BCUT2D eigenvalue weighted by atomic mass is 16.5. The van der Waals surface area contributed by atoms with Gasteiger partial charge in [0.25, 0.3) is 5.91 Å². The minimum Gasteiger partial charge on any atom is -0.451 e. The van der Waals surface area contributed by atoms with Crippen LogP contribution in [0.1, 0.15) is 29.9 Å². The Balaban J connectivity index is 3.05. The van der Waals surface area contributed by atoms with Gasteiger partial charge in [-0.2, -0.15) is 5.26 Å². The molecule has 0 spiro atoms. The average Bonchev–Trinajstić information content (AvgIpc) is 2.83. The number of nitriles is 1. The van der Waals surface area contributed by atoms with Crippen LogP contribution in [0, 0.1) is 25.2 Å². The number of esters is 1. The molecule has 24 heavy (non-hydrogen) atoms. The number of aromatic nitrogens is 1. The van der Waals surface area contributed by atoms with Gasteiger partial charge < -0.3 is 19.4 Å². The van der Waals surface area contributed by atoms with E-state index < -0.39 is 18.5 Å². The number of nitrogens with zero attached hydrogens (tertiary/aromatic N) is 2. The van der Waals surface area contributed by atoms with Gasteiger partial charge in [-0.15, -0.1) is 0 Å². The van der Waals surface area contributed by atoms with E-state index in [0.29, 0.717) is 6.61 Å². The SMILES string of the molecule is CNC(=O)COC(=O)/C(C#N)=C/c1cc(C)n([C@@H](C)COC)c1C. The molecule has 1 atom stereocenters. The van der Waals surface area contributed by atoms with E-state index >= 15 is 0 Å². The van der Waals surface area contributed by atoms with E-state index in [1.54, 1.807) is 7.11 Å². The second-order valence-electron chi connectivity index (χ2n) is 5.42. The number of aryl methyl sites for hydroxylation is 1. The molecular weight excluding hydrogens is 310 g/mol.